The summed E-state index contributed by atoms with van der Waals surface area (Å²) < 4.78 is 1.21. The fourth-order valence-corrected chi connectivity index (χ4v) is 2.57. The lowest BCUT2D eigenvalue weighted by molar-refractivity contribution is 1.27. The molecule has 2 nitrogen and oxygen atoms in total. The maximum atomic E-state index is 4.58. The Morgan fingerprint density at radius 1 is 1.12 bits per heavy atom. The highest BCUT2D eigenvalue weighted by Gasteiger charge is 2.06. The Balaban J connectivity index is 2.19. The Morgan fingerprint density at radius 3 is 2.81 bits per heavy atom. The quantitative estimate of drug-likeness (QED) is 0.632. The van der Waals surface area contributed by atoms with E-state index in [1.165, 1.54) is 10.3 Å². The van der Waals surface area contributed by atoms with Crippen molar-refractivity contribution in [3.05, 3.63) is 48.2 Å². The Kier molecular flexibility index (Phi) is 2.18. The first-order chi connectivity index (χ1) is 7.83. The van der Waals surface area contributed by atoms with E-state index in [-0.39, 0.29) is 0 Å². The van der Waals surface area contributed by atoms with Gasteiger partial charge in [-0.3, -0.25) is 4.98 Å². The Labute approximate surface area is 97.6 Å². The average Bonchev–Trinajstić information content (AvgIpc) is 2.72. The molecule has 0 aliphatic carbocycles. The minimum absolute atomic E-state index is 0.959. The van der Waals surface area contributed by atoms with Gasteiger partial charge in [0.05, 0.1) is 15.9 Å². The molecule has 16 heavy (non-hydrogen) atoms. The van der Waals surface area contributed by atoms with E-state index in [4.69, 9.17) is 0 Å². The molecule has 3 aromatic rings. The van der Waals surface area contributed by atoms with Crippen molar-refractivity contribution >= 4 is 21.6 Å². The lowest BCUT2D eigenvalue weighted by atomic mass is 10.2. The van der Waals surface area contributed by atoms with Crippen LogP contribution in [-0.4, -0.2) is 9.97 Å². The number of hydrogen-bond donors (Lipinski definition) is 0. The zero-order chi connectivity index (χ0) is 11.0. The highest BCUT2D eigenvalue weighted by Crippen LogP contribution is 2.28. The van der Waals surface area contributed by atoms with Crippen molar-refractivity contribution in [3.8, 4) is 10.7 Å². The first-order valence-electron chi connectivity index (χ1n) is 5.11. The maximum absolute atomic E-state index is 4.58. The monoisotopic (exact) mass is 226 g/mol. The van der Waals surface area contributed by atoms with E-state index in [1.54, 1.807) is 11.3 Å². The van der Waals surface area contributed by atoms with Gasteiger partial charge in [-0.05, 0) is 36.8 Å². The van der Waals surface area contributed by atoms with Gasteiger partial charge in [0.1, 0.15) is 5.01 Å². The molecule has 0 radical (unpaired) electrons. The molecule has 3 heteroatoms. The minimum Gasteiger partial charge on any atom is -0.254 e. The maximum Gasteiger partial charge on any atom is 0.143 e. The number of pyridine rings is 1. The molecule has 0 atom stereocenters. The zero-order valence-corrected chi connectivity index (χ0v) is 9.66. The molecule has 0 amide bonds. The Morgan fingerprint density at radius 2 is 2.00 bits per heavy atom. The minimum atomic E-state index is 0.959. The van der Waals surface area contributed by atoms with Crippen LogP contribution >= 0.6 is 11.3 Å². The highest BCUT2D eigenvalue weighted by atomic mass is 32.1. The number of rotatable bonds is 1. The van der Waals surface area contributed by atoms with Gasteiger partial charge in [-0.2, -0.15) is 0 Å². The molecule has 2 aromatic heterocycles. The summed E-state index contributed by atoms with van der Waals surface area (Å²) in [5, 5.41) is 0.991. The van der Waals surface area contributed by atoms with Crippen molar-refractivity contribution in [2.24, 2.45) is 0 Å². The van der Waals surface area contributed by atoms with E-state index in [0.29, 0.717) is 0 Å². The van der Waals surface area contributed by atoms with E-state index in [0.717, 1.165) is 16.2 Å². The van der Waals surface area contributed by atoms with Crippen LogP contribution in [0.5, 0.6) is 0 Å². The molecule has 2 heterocycles. The summed E-state index contributed by atoms with van der Waals surface area (Å²) in [4.78, 5) is 8.93. The number of nitrogens with zero attached hydrogens (tertiary/aromatic N) is 2. The topological polar surface area (TPSA) is 25.8 Å². The summed E-state index contributed by atoms with van der Waals surface area (Å²) in [5.41, 5.74) is 3.22. The van der Waals surface area contributed by atoms with Crippen molar-refractivity contribution < 1.29 is 0 Å². The molecular formula is C13H10N2S. The standard InChI is InChI=1S/C13H10N2S/c1-9-6-7-14-11(8-9)13-15-10-4-2-3-5-12(10)16-13/h2-8H,1H3. The van der Waals surface area contributed by atoms with Crippen molar-refractivity contribution in [1.29, 1.82) is 0 Å². The molecular weight excluding hydrogens is 216 g/mol. The second-order valence-corrected chi connectivity index (χ2v) is 4.74. The lowest BCUT2D eigenvalue weighted by Crippen LogP contribution is -1.82. The second-order valence-electron chi connectivity index (χ2n) is 3.71. The van der Waals surface area contributed by atoms with Gasteiger partial charge in [0.2, 0.25) is 0 Å². The molecule has 0 fully saturated rings. The van der Waals surface area contributed by atoms with Gasteiger partial charge in [0.15, 0.2) is 0 Å². The Hall–Kier alpha value is -1.74. The molecule has 0 bridgehead atoms. The highest BCUT2D eigenvalue weighted by molar-refractivity contribution is 7.21. The molecule has 0 aliphatic rings. The number of fused-ring (bicyclic) bond motifs is 1. The van der Waals surface area contributed by atoms with Crippen LogP contribution in [0.25, 0.3) is 20.9 Å². The van der Waals surface area contributed by atoms with Gasteiger partial charge in [0, 0.05) is 6.20 Å². The second kappa shape index (κ2) is 3.68. The van der Waals surface area contributed by atoms with Gasteiger partial charge in [-0.1, -0.05) is 12.1 Å². The van der Waals surface area contributed by atoms with Crippen molar-refractivity contribution in [3.63, 3.8) is 0 Å². The van der Waals surface area contributed by atoms with E-state index in [9.17, 15) is 0 Å². The molecule has 0 saturated heterocycles. The van der Waals surface area contributed by atoms with E-state index in [2.05, 4.69) is 29.0 Å². The predicted octanol–water partition coefficient (Wildman–Crippen LogP) is 3.67. The summed E-state index contributed by atoms with van der Waals surface area (Å²) in [6, 6.07) is 12.2. The van der Waals surface area contributed by atoms with Crippen molar-refractivity contribution in [1.82, 2.24) is 9.97 Å². The lowest BCUT2D eigenvalue weighted by Gasteiger charge is -1.95. The van der Waals surface area contributed by atoms with Gasteiger partial charge in [-0.25, -0.2) is 4.98 Å². The van der Waals surface area contributed by atoms with Crippen molar-refractivity contribution in [2.45, 2.75) is 6.92 Å². The third-order valence-corrected chi connectivity index (χ3v) is 3.49. The molecule has 1 aromatic carbocycles. The van der Waals surface area contributed by atoms with Crippen LogP contribution in [0.15, 0.2) is 42.6 Å². The fourth-order valence-electron chi connectivity index (χ4n) is 1.63. The van der Waals surface area contributed by atoms with Crippen LogP contribution in [0.3, 0.4) is 0 Å². The van der Waals surface area contributed by atoms with Crippen LogP contribution in [-0.2, 0) is 0 Å². The smallest absolute Gasteiger partial charge is 0.143 e. The SMILES string of the molecule is Cc1ccnc(-c2nc3ccccc3s2)c1. The first-order valence-corrected chi connectivity index (χ1v) is 5.93. The third-order valence-electron chi connectivity index (χ3n) is 2.43. The molecule has 0 spiro atoms. The summed E-state index contributed by atoms with van der Waals surface area (Å²) >= 11 is 1.69. The van der Waals surface area contributed by atoms with Crippen LogP contribution in [0, 0.1) is 6.92 Å². The Bertz CT molecular complexity index is 610. The van der Waals surface area contributed by atoms with E-state index >= 15 is 0 Å². The van der Waals surface area contributed by atoms with Crippen molar-refractivity contribution in [2.75, 3.05) is 0 Å². The van der Waals surface area contributed by atoms with Gasteiger partial charge >= 0.3 is 0 Å². The summed E-state index contributed by atoms with van der Waals surface area (Å²) in [6.07, 6.45) is 1.83. The molecule has 3 rings (SSSR count). The third kappa shape index (κ3) is 1.59. The summed E-state index contributed by atoms with van der Waals surface area (Å²) in [6.45, 7) is 2.07. The molecule has 0 unspecified atom stereocenters. The average molecular weight is 226 g/mol. The van der Waals surface area contributed by atoms with Gasteiger partial charge in [-0.15, -0.1) is 11.3 Å². The predicted molar refractivity (Wildman–Crippen MR) is 67.6 cm³/mol. The van der Waals surface area contributed by atoms with Crippen LogP contribution in [0.2, 0.25) is 0 Å². The summed E-state index contributed by atoms with van der Waals surface area (Å²) in [7, 11) is 0. The number of thiazole rings is 1. The molecule has 0 aliphatic heterocycles. The summed E-state index contributed by atoms with van der Waals surface area (Å²) in [5.74, 6) is 0. The molecule has 0 saturated carbocycles. The normalized spacial score (nSPS) is 10.8. The van der Waals surface area contributed by atoms with Crippen LogP contribution < -0.4 is 0 Å². The number of aromatic nitrogens is 2. The number of para-hydroxylation sites is 1. The number of hydrogen-bond acceptors (Lipinski definition) is 3. The molecule has 0 N–H and O–H groups in total. The largest absolute Gasteiger partial charge is 0.254 e. The first kappa shape index (κ1) is 9.48. The zero-order valence-electron chi connectivity index (χ0n) is 8.84. The van der Waals surface area contributed by atoms with Gasteiger partial charge in [0.25, 0.3) is 0 Å². The number of aryl methyl sites for hydroxylation is 1. The van der Waals surface area contributed by atoms with Crippen LogP contribution in [0.4, 0.5) is 0 Å². The van der Waals surface area contributed by atoms with Crippen LogP contribution in [0.1, 0.15) is 5.56 Å². The van der Waals surface area contributed by atoms with E-state index < -0.39 is 0 Å². The van der Waals surface area contributed by atoms with Gasteiger partial charge < -0.3 is 0 Å². The molecule has 78 valence electrons. The van der Waals surface area contributed by atoms with E-state index in [1.807, 2.05) is 30.5 Å². The fraction of sp³-hybridized carbons (Fsp3) is 0.0769. The number of benzene rings is 1.